The van der Waals surface area contributed by atoms with Crippen LogP contribution in [0.5, 0.6) is 0 Å². The van der Waals surface area contributed by atoms with Gasteiger partial charge in [0.05, 0.1) is 10.9 Å². The molecule has 0 aliphatic carbocycles. The minimum atomic E-state index is -3.57. The molecular formula is C33H39N5O4S. The maximum Gasteiger partial charge on any atom is 0.240 e. The van der Waals surface area contributed by atoms with Gasteiger partial charge in [-0.2, -0.15) is 0 Å². The van der Waals surface area contributed by atoms with Crippen LogP contribution in [-0.2, 0) is 21.2 Å². The molecule has 0 spiro atoms. The van der Waals surface area contributed by atoms with E-state index in [-0.39, 0.29) is 23.1 Å². The predicted octanol–water partition coefficient (Wildman–Crippen LogP) is 2.48. The number of carbonyl (C=O) groups is 2. The van der Waals surface area contributed by atoms with Crippen LogP contribution in [-0.4, -0.2) is 72.5 Å². The third-order valence-electron chi connectivity index (χ3n) is 7.06. The SMILES string of the molecule is CN[C@@H](Cc1ccc(C(=O)c2ccccc2)cc1)C(=O)NCCNCCNCCNS(=O)(=O)c1ccc2ccccc2c1. The van der Waals surface area contributed by atoms with Gasteiger partial charge in [0, 0.05) is 50.4 Å². The van der Waals surface area contributed by atoms with Gasteiger partial charge in [-0.3, -0.25) is 9.59 Å². The number of ketones is 1. The molecule has 0 aliphatic rings. The Morgan fingerprint density at radius 2 is 1.28 bits per heavy atom. The lowest BCUT2D eigenvalue weighted by Crippen LogP contribution is -2.46. The summed E-state index contributed by atoms with van der Waals surface area (Å²) in [6, 6.07) is 28.9. The van der Waals surface area contributed by atoms with Gasteiger partial charge < -0.3 is 21.3 Å². The van der Waals surface area contributed by atoms with E-state index in [4.69, 9.17) is 0 Å². The minimum absolute atomic E-state index is 0.0284. The van der Waals surface area contributed by atoms with Gasteiger partial charge in [0.25, 0.3) is 0 Å². The van der Waals surface area contributed by atoms with E-state index in [2.05, 4.69) is 26.0 Å². The Morgan fingerprint density at radius 1 is 0.674 bits per heavy atom. The van der Waals surface area contributed by atoms with Crippen LogP contribution in [0.2, 0.25) is 0 Å². The highest BCUT2D eigenvalue weighted by atomic mass is 32.2. The second-order valence-electron chi connectivity index (χ2n) is 10.1. The quantitative estimate of drug-likeness (QED) is 0.0930. The number of fused-ring (bicyclic) bond motifs is 1. The van der Waals surface area contributed by atoms with Crippen molar-refractivity contribution in [2.45, 2.75) is 17.4 Å². The fourth-order valence-corrected chi connectivity index (χ4v) is 5.69. The van der Waals surface area contributed by atoms with E-state index in [0.717, 1.165) is 16.3 Å². The zero-order valence-corrected chi connectivity index (χ0v) is 25.1. The number of likely N-dealkylation sites (N-methyl/N-ethyl adjacent to an activating group) is 1. The Morgan fingerprint density at radius 3 is 1.98 bits per heavy atom. The number of rotatable bonds is 17. The predicted molar refractivity (Wildman–Crippen MR) is 171 cm³/mol. The van der Waals surface area contributed by atoms with Crippen molar-refractivity contribution in [1.29, 1.82) is 0 Å². The smallest absolute Gasteiger partial charge is 0.240 e. The molecule has 9 nitrogen and oxygen atoms in total. The van der Waals surface area contributed by atoms with E-state index in [1.165, 1.54) is 0 Å². The lowest BCUT2D eigenvalue weighted by molar-refractivity contribution is -0.122. The molecule has 0 saturated carbocycles. The Labute approximate surface area is 253 Å². The molecule has 0 fully saturated rings. The second kappa shape index (κ2) is 16.1. The summed E-state index contributed by atoms with van der Waals surface area (Å²) >= 11 is 0. The van der Waals surface area contributed by atoms with Crippen molar-refractivity contribution in [2.75, 3.05) is 46.3 Å². The molecule has 43 heavy (non-hydrogen) atoms. The first-order chi connectivity index (χ1) is 20.9. The van der Waals surface area contributed by atoms with Crippen LogP contribution < -0.4 is 26.0 Å². The van der Waals surface area contributed by atoms with Crippen LogP contribution in [0.4, 0.5) is 0 Å². The van der Waals surface area contributed by atoms with E-state index in [1.807, 2.05) is 60.7 Å². The molecule has 5 N–H and O–H groups in total. The molecule has 10 heteroatoms. The molecule has 0 unspecified atom stereocenters. The minimum Gasteiger partial charge on any atom is -0.353 e. The first-order valence-corrected chi connectivity index (χ1v) is 15.9. The Kier molecular flexibility index (Phi) is 12.0. The average Bonchev–Trinajstić information content (AvgIpc) is 3.04. The van der Waals surface area contributed by atoms with E-state index in [0.29, 0.717) is 50.3 Å². The van der Waals surface area contributed by atoms with Crippen LogP contribution in [0.15, 0.2) is 102 Å². The normalized spacial score (nSPS) is 12.2. The first kappa shape index (κ1) is 32.0. The monoisotopic (exact) mass is 601 g/mol. The van der Waals surface area contributed by atoms with Crippen molar-refractivity contribution >= 4 is 32.5 Å². The van der Waals surface area contributed by atoms with Crippen molar-refractivity contribution in [3.63, 3.8) is 0 Å². The molecule has 226 valence electrons. The van der Waals surface area contributed by atoms with E-state index in [1.54, 1.807) is 43.4 Å². The number of hydrogen-bond acceptors (Lipinski definition) is 7. The Balaban J connectivity index is 1.07. The highest BCUT2D eigenvalue weighted by Gasteiger charge is 2.17. The van der Waals surface area contributed by atoms with Crippen LogP contribution in [0.1, 0.15) is 21.5 Å². The van der Waals surface area contributed by atoms with Crippen molar-refractivity contribution in [2.24, 2.45) is 0 Å². The van der Waals surface area contributed by atoms with Gasteiger partial charge in [-0.15, -0.1) is 0 Å². The summed E-state index contributed by atoms with van der Waals surface area (Å²) in [4.78, 5) is 25.5. The summed E-state index contributed by atoms with van der Waals surface area (Å²) in [6.45, 7) is 3.20. The lowest BCUT2D eigenvalue weighted by atomic mass is 9.99. The number of hydrogen-bond donors (Lipinski definition) is 5. The third kappa shape index (κ3) is 9.54. The highest BCUT2D eigenvalue weighted by Crippen LogP contribution is 2.18. The van der Waals surface area contributed by atoms with E-state index >= 15 is 0 Å². The first-order valence-electron chi connectivity index (χ1n) is 14.4. The number of carbonyl (C=O) groups excluding carboxylic acids is 2. The number of amides is 1. The topological polar surface area (TPSA) is 128 Å². The molecule has 0 heterocycles. The van der Waals surface area contributed by atoms with Crippen molar-refractivity contribution in [3.8, 4) is 0 Å². The molecular weight excluding hydrogens is 562 g/mol. The maximum atomic E-state index is 12.7. The molecule has 4 aromatic carbocycles. The van der Waals surface area contributed by atoms with Gasteiger partial charge in [0.1, 0.15) is 0 Å². The standard InChI is InChI=1S/C33H39N5O4S/c1-34-31(23-25-11-13-28(14-12-25)32(39)27-8-3-2-4-9-27)33(40)37-21-19-35-17-18-36-20-22-38-43(41,42)30-16-15-26-7-5-6-10-29(26)24-30/h2-16,24,31,34-36,38H,17-23H2,1H3,(H,37,40)/t31-/m0/s1. The molecule has 0 radical (unpaired) electrons. The zero-order chi connectivity index (χ0) is 30.5. The number of nitrogens with one attached hydrogen (secondary N) is 5. The fourth-order valence-electron chi connectivity index (χ4n) is 4.63. The van der Waals surface area contributed by atoms with Crippen LogP contribution in [0.25, 0.3) is 10.8 Å². The van der Waals surface area contributed by atoms with Crippen molar-refractivity contribution in [1.82, 2.24) is 26.0 Å². The zero-order valence-electron chi connectivity index (χ0n) is 24.3. The molecule has 1 atom stereocenters. The van der Waals surface area contributed by atoms with Crippen LogP contribution in [0.3, 0.4) is 0 Å². The summed E-state index contributed by atoms with van der Waals surface area (Å²) in [7, 11) is -1.82. The molecule has 0 aliphatic heterocycles. The molecule has 0 aromatic heterocycles. The van der Waals surface area contributed by atoms with Crippen molar-refractivity contribution in [3.05, 3.63) is 114 Å². The summed E-state index contributed by atoms with van der Waals surface area (Å²) < 4.78 is 27.8. The van der Waals surface area contributed by atoms with Gasteiger partial charge in [-0.05, 0) is 41.9 Å². The molecule has 4 rings (SSSR count). The summed E-state index contributed by atoms with van der Waals surface area (Å²) in [5, 5.41) is 14.4. The largest absolute Gasteiger partial charge is 0.353 e. The van der Waals surface area contributed by atoms with Gasteiger partial charge >= 0.3 is 0 Å². The van der Waals surface area contributed by atoms with E-state index in [9.17, 15) is 18.0 Å². The lowest BCUT2D eigenvalue weighted by Gasteiger charge is -2.16. The fraction of sp³-hybridized carbons (Fsp3) is 0.273. The van der Waals surface area contributed by atoms with Crippen LogP contribution >= 0.6 is 0 Å². The maximum absolute atomic E-state index is 12.7. The Bertz CT molecular complexity index is 1590. The molecule has 4 aromatic rings. The highest BCUT2D eigenvalue weighted by molar-refractivity contribution is 7.89. The summed E-state index contributed by atoms with van der Waals surface area (Å²) in [5.41, 5.74) is 2.22. The molecule has 1 amide bonds. The third-order valence-corrected chi connectivity index (χ3v) is 8.52. The summed E-state index contributed by atoms with van der Waals surface area (Å²) in [6.07, 6.45) is 0.504. The van der Waals surface area contributed by atoms with Gasteiger partial charge in [-0.25, -0.2) is 13.1 Å². The number of sulfonamides is 1. The second-order valence-corrected chi connectivity index (χ2v) is 11.9. The van der Waals surface area contributed by atoms with Gasteiger partial charge in [-0.1, -0.05) is 84.9 Å². The number of benzene rings is 4. The van der Waals surface area contributed by atoms with Gasteiger partial charge in [0.2, 0.25) is 15.9 Å². The van der Waals surface area contributed by atoms with Crippen molar-refractivity contribution < 1.29 is 18.0 Å². The molecule has 0 bridgehead atoms. The van der Waals surface area contributed by atoms with Gasteiger partial charge in [0.15, 0.2) is 5.78 Å². The average molecular weight is 602 g/mol. The summed E-state index contributed by atoms with van der Waals surface area (Å²) in [5.74, 6) is -0.120. The molecule has 0 saturated heterocycles. The van der Waals surface area contributed by atoms with E-state index < -0.39 is 16.1 Å². The van der Waals surface area contributed by atoms with Crippen LogP contribution in [0, 0.1) is 0 Å². The Hall–Kier alpha value is -3.93.